The Morgan fingerprint density at radius 2 is 1.94 bits per heavy atom. The Morgan fingerprint density at radius 1 is 1.28 bits per heavy atom. The molecule has 0 bridgehead atoms. The molecule has 0 heterocycles. The zero-order valence-corrected chi connectivity index (χ0v) is 9.77. The smallest absolute Gasteiger partial charge is 0.315 e. The number of carbonyl (C=O) groups is 2. The van der Waals surface area contributed by atoms with Gasteiger partial charge in [0.1, 0.15) is 6.42 Å². The van der Waals surface area contributed by atoms with Gasteiger partial charge in [-0.25, -0.2) is 0 Å². The number of hydrogen-bond donors (Lipinski definition) is 2. The van der Waals surface area contributed by atoms with Crippen LogP contribution in [0.1, 0.15) is 35.2 Å². The van der Waals surface area contributed by atoms with E-state index in [-0.39, 0.29) is 12.3 Å². The molecule has 1 aromatic carbocycles. The fourth-order valence-electron chi connectivity index (χ4n) is 1.42. The van der Waals surface area contributed by atoms with Crippen LogP contribution in [0.3, 0.4) is 0 Å². The standard InChI is InChI=1S/C14H13NO3/c16-13(17)3-1-2-10-4-6-11(7-5-10)14(18)15-12-8-9-12/h4-7,12H,3,8-9H2,(H,15,18)(H,16,17). The average Bonchev–Trinajstić information content (AvgIpc) is 3.13. The van der Waals surface area contributed by atoms with Crippen molar-refractivity contribution < 1.29 is 14.7 Å². The predicted molar refractivity (Wildman–Crippen MR) is 66.1 cm³/mol. The van der Waals surface area contributed by atoms with Crippen LogP contribution in [-0.4, -0.2) is 23.0 Å². The van der Waals surface area contributed by atoms with Crippen LogP contribution in [0.5, 0.6) is 0 Å². The molecular weight excluding hydrogens is 230 g/mol. The normalized spacial score (nSPS) is 13.3. The van der Waals surface area contributed by atoms with Crippen molar-refractivity contribution in [2.24, 2.45) is 0 Å². The molecule has 4 heteroatoms. The van der Waals surface area contributed by atoms with Crippen LogP contribution in [0, 0.1) is 11.8 Å². The van der Waals surface area contributed by atoms with Gasteiger partial charge in [-0.3, -0.25) is 9.59 Å². The molecule has 0 radical (unpaired) electrons. The molecule has 1 aromatic rings. The van der Waals surface area contributed by atoms with Gasteiger partial charge in [0.05, 0.1) is 0 Å². The molecule has 1 aliphatic rings. The SMILES string of the molecule is O=C(O)CC#Cc1ccc(C(=O)NC2CC2)cc1. The van der Waals surface area contributed by atoms with E-state index in [0.29, 0.717) is 17.2 Å². The second kappa shape index (κ2) is 5.37. The lowest BCUT2D eigenvalue weighted by Crippen LogP contribution is -2.25. The van der Waals surface area contributed by atoms with E-state index in [1.165, 1.54) is 0 Å². The van der Waals surface area contributed by atoms with E-state index in [4.69, 9.17) is 5.11 Å². The monoisotopic (exact) mass is 243 g/mol. The summed E-state index contributed by atoms with van der Waals surface area (Å²) in [5.41, 5.74) is 1.31. The Labute approximate surface area is 105 Å². The molecule has 0 aromatic heterocycles. The maximum Gasteiger partial charge on any atom is 0.315 e. The van der Waals surface area contributed by atoms with Crippen molar-refractivity contribution in [3.8, 4) is 11.8 Å². The maximum absolute atomic E-state index is 11.7. The number of nitrogens with one attached hydrogen (secondary N) is 1. The number of benzene rings is 1. The van der Waals surface area contributed by atoms with E-state index in [9.17, 15) is 9.59 Å². The summed E-state index contributed by atoms with van der Waals surface area (Å²) in [6.45, 7) is 0. The molecule has 0 unspecified atom stereocenters. The third-order valence-corrected chi connectivity index (χ3v) is 2.53. The molecule has 1 fully saturated rings. The first-order valence-corrected chi connectivity index (χ1v) is 5.77. The molecular formula is C14H13NO3. The lowest BCUT2D eigenvalue weighted by molar-refractivity contribution is -0.135. The van der Waals surface area contributed by atoms with Crippen molar-refractivity contribution in [2.75, 3.05) is 0 Å². The van der Waals surface area contributed by atoms with Crippen LogP contribution in [0.25, 0.3) is 0 Å². The highest BCUT2D eigenvalue weighted by Gasteiger charge is 2.23. The zero-order valence-electron chi connectivity index (χ0n) is 9.77. The summed E-state index contributed by atoms with van der Waals surface area (Å²) < 4.78 is 0. The fraction of sp³-hybridized carbons (Fsp3) is 0.286. The van der Waals surface area contributed by atoms with E-state index in [1.807, 2.05) is 0 Å². The number of rotatable bonds is 3. The topological polar surface area (TPSA) is 66.4 Å². The van der Waals surface area contributed by atoms with Gasteiger partial charge < -0.3 is 10.4 Å². The van der Waals surface area contributed by atoms with Gasteiger partial charge in [-0.1, -0.05) is 11.8 Å². The Balaban J connectivity index is 1.97. The third kappa shape index (κ3) is 3.63. The molecule has 0 spiro atoms. The summed E-state index contributed by atoms with van der Waals surface area (Å²) in [5, 5.41) is 11.3. The largest absolute Gasteiger partial charge is 0.481 e. The van der Waals surface area contributed by atoms with Crippen LogP contribution >= 0.6 is 0 Å². The van der Waals surface area contributed by atoms with Crippen LogP contribution in [0.15, 0.2) is 24.3 Å². The van der Waals surface area contributed by atoms with Gasteiger partial charge >= 0.3 is 5.97 Å². The Hall–Kier alpha value is -2.28. The number of carboxylic acids is 1. The molecule has 1 saturated carbocycles. The van der Waals surface area contributed by atoms with Crippen molar-refractivity contribution in [2.45, 2.75) is 25.3 Å². The van der Waals surface area contributed by atoms with E-state index in [1.54, 1.807) is 24.3 Å². The summed E-state index contributed by atoms with van der Waals surface area (Å²) in [5.74, 6) is 4.27. The minimum atomic E-state index is -0.942. The Morgan fingerprint density at radius 3 is 2.50 bits per heavy atom. The van der Waals surface area contributed by atoms with Crippen LogP contribution in [0.2, 0.25) is 0 Å². The third-order valence-electron chi connectivity index (χ3n) is 2.53. The van der Waals surface area contributed by atoms with E-state index < -0.39 is 5.97 Å². The van der Waals surface area contributed by atoms with Crippen molar-refractivity contribution in [3.63, 3.8) is 0 Å². The first-order chi connectivity index (χ1) is 8.65. The van der Waals surface area contributed by atoms with Crippen molar-refractivity contribution >= 4 is 11.9 Å². The maximum atomic E-state index is 11.7. The fourth-order valence-corrected chi connectivity index (χ4v) is 1.42. The van der Waals surface area contributed by atoms with Gasteiger partial charge in [0.25, 0.3) is 5.91 Å². The molecule has 0 saturated heterocycles. The highest BCUT2D eigenvalue weighted by atomic mass is 16.4. The quantitative estimate of drug-likeness (QED) is 0.789. The lowest BCUT2D eigenvalue weighted by atomic mass is 10.1. The average molecular weight is 243 g/mol. The summed E-state index contributed by atoms with van der Waals surface area (Å²) >= 11 is 0. The number of amides is 1. The van der Waals surface area contributed by atoms with E-state index in [0.717, 1.165) is 12.8 Å². The molecule has 2 rings (SSSR count). The number of carboxylic acid groups (broad SMARTS) is 1. The minimum absolute atomic E-state index is 0.0671. The van der Waals surface area contributed by atoms with Gasteiger partial charge in [-0.15, -0.1) is 0 Å². The van der Waals surface area contributed by atoms with Crippen molar-refractivity contribution in [3.05, 3.63) is 35.4 Å². The summed E-state index contributed by atoms with van der Waals surface area (Å²) in [6, 6.07) is 7.17. The van der Waals surface area contributed by atoms with E-state index >= 15 is 0 Å². The van der Waals surface area contributed by atoms with Crippen LogP contribution in [-0.2, 0) is 4.79 Å². The van der Waals surface area contributed by atoms with Gasteiger partial charge in [0.2, 0.25) is 0 Å². The predicted octanol–water partition coefficient (Wildman–Crippen LogP) is 1.41. The van der Waals surface area contributed by atoms with Gasteiger partial charge in [0.15, 0.2) is 0 Å². The van der Waals surface area contributed by atoms with Crippen LogP contribution in [0.4, 0.5) is 0 Å². The van der Waals surface area contributed by atoms with Crippen LogP contribution < -0.4 is 5.32 Å². The molecule has 1 aliphatic carbocycles. The molecule has 4 nitrogen and oxygen atoms in total. The molecule has 0 aliphatic heterocycles. The molecule has 0 atom stereocenters. The molecule has 1 amide bonds. The Kier molecular flexibility index (Phi) is 3.63. The lowest BCUT2D eigenvalue weighted by Gasteiger charge is -2.02. The summed E-state index contributed by atoms with van der Waals surface area (Å²) in [4.78, 5) is 22.0. The molecule has 18 heavy (non-hydrogen) atoms. The second-order valence-corrected chi connectivity index (χ2v) is 4.20. The van der Waals surface area contributed by atoms with E-state index in [2.05, 4.69) is 17.2 Å². The number of hydrogen-bond acceptors (Lipinski definition) is 2. The number of aliphatic carboxylic acids is 1. The van der Waals surface area contributed by atoms with Gasteiger partial charge in [0, 0.05) is 17.2 Å². The number of carbonyl (C=O) groups excluding carboxylic acids is 1. The zero-order chi connectivity index (χ0) is 13.0. The van der Waals surface area contributed by atoms with Gasteiger partial charge in [-0.05, 0) is 37.1 Å². The highest BCUT2D eigenvalue weighted by molar-refractivity contribution is 5.94. The van der Waals surface area contributed by atoms with Gasteiger partial charge in [-0.2, -0.15) is 0 Å². The minimum Gasteiger partial charge on any atom is -0.481 e. The Bertz CT molecular complexity index is 518. The van der Waals surface area contributed by atoms with Crippen molar-refractivity contribution in [1.29, 1.82) is 0 Å². The molecule has 2 N–H and O–H groups in total. The summed E-state index contributed by atoms with van der Waals surface area (Å²) in [6.07, 6.45) is 1.94. The summed E-state index contributed by atoms with van der Waals surface area (Å²) in [7, 11) is 0. The highest BCUT2D eigenvalue weighted by Crippen LogP contribution is 2.19. The first-order valence-electron chi connectivity index (χ1n) is 5.77. The first kappa shape index (κ1) is 12.2. The second-order valence-electron chi connectivity index (χ2n) is 4.20. The van der Waals surface area contributed by atoms with Crippen molar-refractivity contribution in [1.82, 2.24) is 5.32 Å². The molecule has 92 valence electrons.